The number of hydrogen-bond donors (Lipinski definition) is 1. The number of carbonyl (C=O) groups excluding carboxylic acids is 1. The van der Waals surface area contributed by atoms with Crippen LogP contribution in [0.2, 0.25) is 0 Å². The molecule has 4 nitrogen and oxygen atoms in total. The van der Waals surface area contributed by atoms with Gasteiger partial charge in [-0.3, -0.25) is 9.79 Å². The fraction of sp³-hybridized carbons (Fsp3) is 0.290. The predicted octanol–water partition coefficient (Wildman–Crippen LogP) is 5.43. The number of primary amides is 1. The first kappa shape index (κ1) is 23.1. The van der Waals surface area contributed by atoms with E-state index in [0.29, 0.717) is 6.42 Å². The van der Waals surface area contributed by atoms with Crippen LogP contribution < -0.4 is 10.5 Å². The molecule has 3 aromatic carbocycles. The molecule has 0 saturated heterocycles. The standard InChI is InChI=1S/C31H32N2O2/c1-30(18-8-19-33-30)27(15-13-23-14-16-28-24(21-23)17-20-35-28)22-31(29(32)34,25-9-4-2-5-10-25)26-11-6-3-7-12-26/h2-12,14,16,18-19,21,27H,13,15,17,20,22H2,1H3,(H2,32,34). The van der Waals surface area contributed by atoms with E-state index in [2.05, 4.69) is 31.2 Å². The summed E-state index contributed by atoms with van der Waals surface area (Å²) in [5.74, 6) is 0.764. The molecule has 178 valence electrons. The third-order valence-electron chi connectivity index (χ3n) is 7.74. The topological polar surface area (TPSA) is 64.7 Å². The summed E-state index contributed by atoms with van der Waals surface area (Å²) in [6.45, 7) is 2.92. The Morgan fingerprint density at radius 1 is 1.06 bits per heavy atom. The van der Waals surface area contributed by atoms with E-state index < -0.39 is 11.0 Å². The number of rotatable bonds is 9. The van der Waals surface area contributed by atoms with Crippen LogP contribution in [-0.2, 0) is 23.1 Å². The molecule has 0 aromatic heterocycles. The van der Waals surface area contributed by atoms with Crippen molar-refractivity contribution in [3.63, 3.8) is 0 Å². The van der Waals surface area contributed by atoms with E-state index in [-0.39, 0.29) is 11.8 Å². The number of aryl methyl sites for hydroxylation is 1. The highest BCUT2D eigenvalue weighted by Gasteiger charge is 2.46. The van der Waals surface area contributed by atoms with Gasteiger partial charge in [0, 0.05) is 12.6 Å². The Labute approximate surface area is 207 Å². The molecule has 2 aliphatic rings. The van der Waals surface area contributed by atoms with E-state index in [9.17, 15) is 4.79 Å². The van der Waals surface area contributed by atoms with Crippen LogP contribution in [0, 0.1) is 5.92 Å². The van der Waals surface area contributed by atoms with E-state index in [1.165, 1.54) is 11.1 Å². The molecule has 5 rings (SSSR count). The van der Waals surface area contributed by atoms with Crippen molar-refractivity contribution >= 4 is 12.1 Å². The Bertz CT molecular complexity index is 1200. The van der Waals surface area contributed by atoms with Gasteiger partial charge < -0.3 is 10.5 Å². The molecule has 35 heavy (non-hydrogen) atoms. The lowest BCUT2D eigenvalue weighted by atomic mass is 9.64. The second-order valence-electron chi connectivity index (χ2n) is 9.85. The highest BCUT2D eigenvalue weighted by molar-refractivity contribution is 5.91. The molecule has 0 spiro atoms. The Morgan fingerprint density at radius 2 is 1.74 bits per heavy atom. The number of aliphatic imine (C=N–C) groups is 1. The van der Waals surface area contributed by atoms with Crippen molar-refractivity contribution in [2.75, 3.05) is 6.61 Å². The van der Waals surface area contributed by atoms with Crippen LogP contribution in [0.5, 0.6) is 5.75 Å². The third kappa shape index (κ3) is 4.41. The van der Waals surface area contributed by atoms with Gasteiger partial charge >= 0.3 is 0 Å². The molecule has 0 saturated carbocycles. The lowest BCUT2D eigenvalue weighted by Gasteiger charge is -2.40. The quantitative estimate of drug-likeness (QED) is 0.459. The average Bonchev–Trinajstić information content (AvgIpc) is 3.54. The van der Waals surface area contributed by atoms with Crippen molar-refractivity contribution in [3.05, 3.63) is 113 Å². The summed E-state index contributed by atoms with van der Waals surface area (Å²) in [7, 11) is 0. The van der Waals surface area contributed by atoms with E-state index in [1.54, 1.807) is 0 Å². The third-order valence-corrected chi connectivity index (χ3v) is 7.74. The molecule has 0 fully saturated rings. The number of carbonyl (C=O) groups is 1. The van der Waals surface area contributed by atoms with E-state index in [4.69, 9.17) is 15.5 Å². The van der Waals surface area contributed by atoms with Crippen molar-refractivity contribution < 1.29 is 9.53 Å². The molecule has 4 heteroatoms. The Balaban J connectivity index is 1.53. The maximum absolute atomic E-state index is 13.4. The fourth-order valence-corrected chi connectivity index (χ4v) is 5.67. The van der Waals surface area contributed by atoms with Crippen LogP contribution in [0.15, 0.2) is 96.0 Å². The fourth-order valence-electron chi connectivity index (χ4n) is 5.67. The number of fused-ring (bicyclic) bond motifs is 1. The number of nitrogens with zero attached hydrogens (tertiary/aromatic N) is 1. The van der Waals surface area contributed by atoms with Gasteiger partial charge in [0.15, 0.2) is 0 Å². The zero-order valence-corrected chi connectivity index (χ0v) is 20.2. The van der Waals surface area contributed by atoms with E-state index >= 15 is 0 Å². The minimum Gasteiger partial charge on any atom is -0.493 e. The lowest BCUT2D eigenvalue weighted by Crippen LogP contribution is -2.46. The summed E-state index contributed by atoms with van der Waals surface area (Å²) >= 11 is 0. The van der Waals surface area contributed by atoms with Gasteiger partial charge in [-0.15, -0.1) is 0 Å². The normalized spacial score (nSPS) is 19.3. The SMILES string of the molecule is CC1(C(CCc2ccc3c(c2)CCO3)CC(C(N)=O)(c2ccccc2)c2ccccc2)C=CC=N1. The van der Waals surface area contributed by atoms with Gasteiger partial charge in [-0.05, 0) is 66.5 Å². The minimum atomic E-state index is -0.950. The number of ether oxygens (including phenoxy) is 1. The van der Waals surface area contributed by atoms with Crippen molar-refractivity contribution in [1.29, 1.82) is 0 Å². The maximum Gasteiger partial charge on any atom is 0.232 e. The maximum atomic E-state index is 13.4. The molecule has 2 N–H and O–H groups in total. The van der Waals surface area contributed by atoms with Gasteiger partial charge in [0.2, 0.25) is 5.91 Å². The summed E-state index contributed by atoms with van der Waals surface area (Å²) in [5.41, 5.74) is 9.36. The molecule has 2 unspecified atom stereocenters. The molecular formula is C31H32N2O2. The molecule has 0 aliphatic carbocycles. The number of hydrogen-bond acceptors (Lipinski definition) is 3. The van der Waals surface area contributed by atoms with Crippen LogP contribution in [0.3, 0.4) is 0 Å². The summed E-state index contributed by atoms with van der Waals surface area (Å²) in [6.07, 6.45) is 9.36. The van der Waals surface area contributed by atoms with Gasteiger partial charge in [-0.25, -0.2) is 0 Å². The predicted molar refractivity (Wildman–Crippen MR) is 141 cm³/mol. The molecule has 2 heterocycles. The van der Waals surface area contributed by atoms with E-state index in [1.807, 2.05) is 73.0 Å². The second-order valence-corrected chi connectivity index (χ2v) is 9.85. The first-order valence-electron chi connectivity index (χ1n) is 12.4. The molecule has 2 atom stereocenters. The highest BCUT2D eigenvalue weighted by Crippen LogP contribution is 2.44. The van der Waals surface area contributed by atoms with Crippen LogP contribution in [0.25, 0.3) is 0 Å². The second kappa shape index (κ2) is 9.53. The lowest BCUT2D eigenvalue weighted by molar-refractivity contribution is -0.122. The van der Waals surface area contributed by atoms with Gasteiger partial charge in [-0.1, -0.05) is 78.9 Å². The number of allylic oxidation sites excluding steroid dienone is 1. The van der Waals surface area contributed by atoms with Crippen LogP contribution >= 0.6 is 0 Å². The van der Waals surface area contributed by atoms with Crippen molar-refractivity contribution in [2.24, 2.45) is 16.6 Å². The molecule has 3 aromatic rings. The van der Waals surface area contributed by atoms with Crippen LogP contribution in [-0.4, -0.2) is 24.3 Å². The van der Waals surface area contributed by atoms with Crippen LogP contribution in [0.4, 0.5) is 0 Å². The minimum absolute atomic E-state index is 0.0925. The number of benzene rings is 3. The summed E-state index contributed by atoms with van der Waals surface area (Å²) in [5, 5.41) is 0. The van der Waals surface area contributed by atoms with Crippen LogP contribution in [0.1, 0.15) is 42.0 Å². The van der Waals surface area contributed by atoms with Gasteiger partial charge in [0.25, 0.3) is 0 Å². The van der Waals surface area contributed by atoms with Gasteiger partial charge in [0.1, 0.15) is 5.75 Å². The Morgan fingerprint density at radius 3 is 2.34 bits per heavy atom. The zero-order valence-electron chi connectivity index (χ0n) is 20.2. The average molecular weight is 465 g/mol. The smallest absolute Gasteiger partial charge is 0.232 e. The largest absolute Gasteiger partial charge is 0.493 e. The monoisotopic (exact) mass is 464 g/mol. The molecule has 2 aliphatic heterocycles. The Kier molecular flexibility index (Phi) is 6.29. The first-order valence-corrected chi connectivity index (χ1v) is 12.4. The first-order chi connectivity index (χ1) is 17.0. The number of nitrogens with two attached hydrogens (primary N) is 1. The van der Waals surface area contributed by atoms with Gasteiger partial charge in [-0.2, -0.15) is 0 Å². The summed E-state index contributed by atoms with van der Waals surface area (Å²) in [6, 6.07) is 26.5. The molecule has 1 amide bonds. The molecule has 0 bridgehead atoms. The van der Waals surface area contributed by atoms with Gasteiger partial charge in [0.05, 0.1) is 17.6 Å². The van der Waals surface area contributed by atoms with E-state index in [0.717, 1.165) is 42.7 Å². The molecule has 0 radical (unpaired) electrons. The van der Waals surface area contributed by atoms with Crippen molar-refractivity contribution in [1.82, 2.24) is 0 Å². The number of amides is 1. The van der Waals surface area contributed by atoms with Crippen molar-refractivity contribution in [2.45, 2.75) is 43.6 Å². The summed E-state index contributed by atoms with van der Waals surface area (Å²) in [4.78, 5) is 18.3. The summed E-state index contributed by atoms with van der Waals surface area (Å²) < 4.78 is 5.69. The Hall–Kier alpha value is -3.66. The van der Waals surface area contributed by atoms with Crippen molar-refractivity contribution in [3.8, 4) is 5.75 Å². The molecular weight excluding hydrogens is 432 g/mol. The highest BCUT2D eigenvalue weighted by atomic mass is 16.5. The zero-order chi connectivity index (χ0) is 24.3.